The largest absolute Gasteiger partial charge is 0.110 e. The van der Waals surface area contributed by atoms with Gasteiger partial charge in [0.25, 0.3) is 0 Å². The monoisotopic (exact) mass is 112 g/mol. The van der Waals surface area contributed by atoms with Gasteiger partial charge >= 0.3 is 0 Å². The Morgan fingerprint density at radius 3 is 2.25 bits per heavy atom. The van der Waals surface area contributed by atoms with Crippen LogP contribution in [0.5, 0.6) is 0 Å². The molecule has 1 atom stereocenters. The predicted octanol–water partition coefficient (Wildman–Crippen LogP) is 2.24. The highest BCUT2D eigenvalue weighted by Crippen LogP contribution is 2.73. The van der Waals surface area contributed by atoms with Crippen molar-refractivity contribution in [3.63, 3.8) is 0 Å². The number of hydrogen-bond donors (Lipinski definition) is 0. The Morgan fingerprint density at radius 2 is 2.25 bits per heavy atom. The molecule has 0 aromatic heterocycles. The third kappa shape index (κ3) is 0.794. The highest BCUT2D eigenvalue weighted by Gasteiger charge is 2.17. The van der Waals surface area contributed by atoms with Gasteiger partial charge in [-0.3, -0.25) is 0 Å². The van der Waals surface area contributed by atoms with Gasteiger partial charge in [0.2, 0.25) is 0 Å². The van der Waals surface area contributed by atoms with Gasteiger partial charge in [0.15, 0.2) is 0 Å². The van der Waals surface area contributed by atoms with E-state index in [1.807, 2.05) is 11.4 Å². The molecular formula is CH2ClPS. The molecule has 0 N–H and O–H groups in total. The van der Waals surface area contributed by atoms with Crippen molar-refractivity contribution < 1.29 is 0 Å². The van der Waals surface area contributed by atoms with Crippen molar-refractivity contribution in [1.82, 2.24) is 0 Å². The third-order valence-corrected chi connectivity index (χ3v) is 3.80. The smallest absolute Gasteiger partial charge is 0.0602 e. The molecule has 1 heterocycles. The van der Waals surface area contributed by atoms with E-state index in [4.69, 9.17) is 11.2 Å². The zero-order chi connectivity index (χ0) is 2.99. The summed E-state index contributed by atoms with van der Waals surface area (Å²) in [5.74, 6) is 0. The summed E-state index contributed by atoms with van der Waals surface area (Å²) in [6.45, 7) is 0.0185. The molecular weight excluding hydrogens is 111 g/mol. The van der Waals surface area contributed by atoms with Crippen molar-refractivity contribution in [2.75, 3.05) is 5.49 Å². The van der Waals surface area contributed by atoms with Crippen molar-refractivity contribution in [2.45, 2.75) is 0 Å². The van der Waals surface area contributed by atoms with Gasteiger partial charge in [-0.15, -0.1) is 11.4 Å². The summed E-state index contributed by atoms with van der Waals surface area (Å²) in [7, 11) is 0. The van der Waals surface area contributed by atoms with Gasteiger partial charge in [-0.2, -0.15) is 0 Å². The lowest BCUT2D eigenvalue weighted by Crippen LogP contribution is -1.03. The van der Waals surface area contributed by atoms with E-state index >= 15 is 0 Å². The minimum Gasteiger partial charge on any atom is -0.110 e. The highest BCUT2D eigenvalue weighted by molar-refractivity contribution is 8.77. The van der Waals surface area contributed by atoms with Crippen LogP contribution in [0.1, 0.15) is 0 Å². The Bertz CT molecular complexity index is 27.2. The van der Waals surface area contributed by atoms with Crippen molar-refractivity contribution in [1.29, 1.82) is 0 Å². The standard InChI is InChI=1S/CH2ClPS/c2-3-1-4-3/h1H2. The number of hydrogen-bond acceptors (Lipinski definition) is 1. The summed E-state index contributed by atoms with van der Waals surface area (Å²) in [6, 6.07) is 0. The lowest BCUT2D eigenvalue weighted by molar-refractivity contribution is 2.40. The fraction of sp³-hybridized carbons (Fsp3) is 1.00. The van der Waals surface area contributed by atoms with Crippen molar-refractivity contribution in [3.8, 4) is 0 Å². The van der Waals surface area contributed by atoms with Crippen molar-refractivity contribution in [2.24, 2.45) is 0 Å². The fourth-order valence-electron chi connectivity index (χ4n) is 0.0218. The third-order valence-electron chi connectivity index (χ3n) is 0.227. The van der Waals surface area contributed by atoms with Gasteiger partial charge in [0, 0.05) is 5.49 Å². The Balaban J connectivity index is 2.17. The molecule has 1 aliphatic rings. The summed E-state index contributed by atoms with van der Waals surface area (Å²) >= 11 is 7.27. The van der Waals surface area contributed by atoms with E-state index < -0.39 is 0 Å². The van der Waals surface area contributed by atoms with Crippen molar-refractivity contribution >= 4 is 29.1 Å². The normalized spacial score (nSPS) is 39.8. The lowest BCUT2D eigenvalue weighted by atomic mass is 11.9. The SMILES string of the molecule is ClP1CS1. The van der Waals surface area contributed by atoms with Crippen LogP contribution in [0.25, 0.3) is 0 Å². The summed E-state index contributed by atoms with van der Waals surface area (Å²) in [4.78, 5) is 0. The van der Waals surface area contributed by atoms with Crippen LogP contribution in [0.2, 0.25) is 0 Å². The molecule has 0 amide bonds. The molecule has 24 valence electrons. The topological polar surface area (TPSA) is 0 Å². The molecule has 1 aliphatic heterocycles. The predicted molar refractivity (Wildman–Crippen MR) is 25.2 cm³/mol. The summed E-state index contributed by atoms with van der Waals surface area (Å²) in [5.41, 5.74) is 1.23. The van der Waals surface area contributed by atoms with Crippen LogP contribution < -0.4 is 0 Å². The van der Waals surface area contributed by atoms with E-state index in [0.717, 1.165) is 0 Å². The van der Waals surface area contributed by atoms with Crippen LogP contribution in [-0.4, -0.2) is 5.49 Å². The maximum absolute atomic E-state index is 5.41. The van der Waals surface area contributed by atoms with Gasteiger partial charge in [-0.25, -0.2) is 0 Å². The van der Waals surface area contributed by atoms with Gasteiger partial charge in [-0.1, -0.05) is 11.2 Å². The highest BCUT2D eigenvalue weighted by atomic mass is 35.7. The van der Waals surface area contributed by atoms with E-state index in [-0.39, 0.29) is 6.48 Å². The van der Waals surface area contributed by atoms with E-state index in [1.54, 1.807) is 0 Å². The molecule has 0 aromatic rings. The first-order valence-corrected chi connectivity index (χ1v) is 4.98. The molecule has 3 heteroatoms. The van der Waals surface area contributed by atoms with Gasteiger partial charge < -0.3 is 0 Å². The van der Waals surface area contributed by atoms with Gasteiger partial charge in [0.05, 0.1) is 6.48 Å². The minimum atomic E-state index is 0.0185. The maximum atomic E-state index is 5.41. The zero-order valence-corrected chi connectivity index (χ0v) is 4.41. The first-order valence-electron chi connectivity index (χ1n) is 0.957. The molecule has 0 bridgehead atoms. The maximum Gasteiger partial charge on any atom is 0.0602 e. The minimum absolute atomic E-state index is 0.0185. The van der Waals surface area contributed by atoms with Crippen LogP contribution >= 0.6 is 29.1 Å². The second-order valence-electron chi connectivity index (χ2n) is 0.576. The number of halogens is 1. The Kier molecular flexibility index (Phi) is 0.850. The average molecular weight is 113 g/mol. The molecule has 4 heavy (non-hydrogen) atoms. The second kappa shape index (κ2) is 1.04. The van der Waals surface area contributed by atoms with Gasteiger partial charge in [-0.05, 0) is 0 Å². The second-order valence-corrected chi connectivity index (χ2v) is 6.42. The summed E-state index contributed by atoms with van der Waals surface area (Å²) < 4.78 is 0. The van der Waals surface area contributed by atoms with E-state index in [9.17, 15) is 0 Å². The van der Waals surface area contributed by atoms with E-state index in [2.05, 4.69) is 0 Å². The molecule has 0 nitrogen and oxygen atoms in total. The summed E-state index contributed by atoms with van der Waals surface area (Å²) in [5, 5.41) is 0. The van der Waals surface area contributed by atoms with Crippen molar-refractivity contribution in [3.05, 3.63) is 0 Å². The summed E-state index contributed by atoms with van der Waals surface area (Å²) in [6.07, 6.45) is 0. The molecule has 0 aliphatic carbocycles. The Morgan fingerprint density at radius 1 is 2.00 bits per heavy atom. The average Bonchev–Trinajstić information content (AvgIpc) is 1.75. The molecule has 1 unspecified atom stereocenters. The molecule has 0 saturated carbocycles. The first kappa shape index (κ1) is 3.27. The quantitative estimate of drug-likeness (QED) is 0.342. The molecule has 0 aromatic carbocycles. The first-order chi connectivity index (χ1) is 1.89. The molecule has 1 fully saturated rings. The van der Waals surface area contributed by atoms with Crippen LogP contribution in [0.4, 0.5) is 0 Å². The molecule has 1 rings (SSSR count). The molecule has 0 spiro atoms. The number of rotatable bonds is 0. The van der Waals surface area contributed by atoms with E-state index in [1.165, 1.54) is 5.49 Å². The molecule has 1 saturated heterocycles. The Labute approximate surface area is 35.2 Å². The van der Waals surface area contributed by atoms with Crippen LogP contribution in [0.15, 0.2) is 0 Å². The van der Waals surface area contributed by atoms with Crippen LogP contribution in [-0.2, 0) is 0 Å². The fourth-order valence-corrected chi connectivity index (χ4v) is 1.77. The lowest BCUT2D eigenvalue weighted by Gasteiger charge is -1.48. The van der Waals surface area contributed by atoms with Crippen LogP contribution in [0, 0.1) is 0 Å². The zero-order valence-electron chi connectivity index (χ0n) is 1.94. The molecule has 0 radical (unpaired) electrons. The Hall–Kier alpha value is 1.07. The van der Waals surface area contributed by atoms with Gasteiger partial charge in [0.1, 0.15) is 0 Å². The van der Waals surface area contributed by atoms with E-state index in [0.29, 0.717) is 0 Å². The van der Waals surface area contributed by atoms with Crippen LogP contribution in [0.3, 0.4) is 0 Å².